The molecule has 2 rings (SSSR count). The van der Waals surface area contributed by atoms with Gasteiger partial charge in [-0.25, -0.2) is 0 Å². The number of hydrogen-bond donors (Lipinski definition) is 2. The Morgan fingerprint density at radius 3 is 2.18 bits per heavy atom. The zero-order valence-electron chi connectivity index (χ0n) is 13.0. The van der Waals surface area contributed by atoms with Crippen molar-refractivity contribution in [2.75, 3.05) is 24.8 Å². The van der Waals surface area contributed by atoms with Crippen LogP contribution >= 0.6 is 0 Å². The average Bonchev–Trinajstić information content (AvgIpc) is 2.49. The quantitative estimate of drug-likeness (QED) is 0.833. The lowest BCUT2D eigenvalue weighted by Gasteiger charge is -2.13. The van der Waals surface area contributed by atoms with Crippen LogP contribution in [0.15, 0.2) is 36.4 Å². The second kappa shape index (κ2) is 6.85. The summed E-state index contributed by atoms with van der Waals surface area (Å²) in [7, 11) is 1.60. The van der Waals surface area contributed by atoms with E-state index in [2.05, 4.69) is 5.32 Å². The Balaban J connectivity index is 1.95. The van der Waals surface area contributed by atoms with Crippen LogP contribution in [-0.4, -0.2) is 19.6 Å². The van der Waals surface area contributed by atoms with E-state index in [-0.39, 0.29) is 12.5 Å². The van der Waals surface area contributed by atoms with Crippen molar-refractivity contribution >= 4 is 17.3 Å². The van der Waals surface area contributed by atoms with E-state index in [9.17, 15) is 4.79 Å². The molecule has 1 amide bonds. The number of ether oxygens (including phenoxy) is 2. The van der Waals surface area contributed by atoms with Gasteiger partial charge in [0.1, 0.15) is 11.5 Å². The molecule has 0 aliphatic rings. The zero-order chi connectivity index (χ0) is 16.1. The highest BCUT2D eigenvalue weighted by atomic mass is 16.5. The molecule has 116 valence electrons. The molecule has 2 aromatic rings. The molecule has 0 spiro atoms. The van der Waals surface area contributed by atoms with Crippen LogP contribution in [0.1, 0.15) is 11.1 Å². The van der Waals surface area contributed by atoms with E-state index >= 15 is 0 Å². The lowest BCUT2D eigenvalue weighted by Crippen LogP contribution is -2.21. The molecule has 5 nitrogen and oxygen atoms in total. The van der Waals surface area contributed by atoms with Crippen molar-refractivity contribution in [2.45, 2.75) is 13.8 Å². The molecular formula is C17H20N2O3. The molecule has 0 radical (unpaired) electrons. The minimum absolute atomic E-state index is 0.0599. The summed E-state index contributed by atoms with van der Waals surface area (Å²) < 4.78 is 10.5. The molecule has 0 atom stereocenters. The highest BCUT2D eigenvalue weighted by molar-refractivity contribution is 5.93. The van der Waals surface area contributed by atoms with Crippen LogP contribution < -0.4 is 20.5 Å². The van der Waals surface area contributed by atoms with Gasteiger partial charge in [0.05, 0.1) is 7.11 Å². The van der Waals surface area contributed by atoms with Crippen LogP contribution in [0.4, 0.5) is 11.4 Å². The van der Waals surface area contributed by atoms with Crippen LogP contribution in [0.25, 0.3) is 0 Å². The minimum Gasteiger partial charge on any atom is -0.497 e. The van der Waals surface area contributed by atoms with Gasteiger partial charge >= 0.3 is 0 Å². The van der Waals surface area contributed by atoms with Crippen molar-refractivity contribution in [1.29, 1.82) is 0 Å². The van der Waals surface area contributed by atoms with E-state index in [1.807, 2.05) is 26.0 Å². The van der Waals surface area contributed by atoms with Gasteiger partial charge in [0.2, 0.25) is 0 Å². The SMILES string of the molecule is COc1ccc(OCC(=O)Nc2c(C)cc(N)cc2C)cc1. The van der Waals surface area contributed by atoms with Gasteiger partial charge < -0.3 is 20.5 Å². The van der Waals surface area contributed by atoms with Gasteiger partial charge in [-0.2, -0.15) is 0 Å². The molecule has 0 unspecified atom stereocenters. The first-order valence-corrected chi connectivity index (χ1v) is 6.93. The summed E-state index contributed by atoms with van der Waals surface area (Å²) in [6.45, 7) is 3.75. The van der Waals surface area contributed by atoms with Gasteiger partial charge in [-0.15, -0.1) is 0 Å². The Labute approximate surface area is 130 Å². The molecule has 22 heavy (non-hydrogen) atoms. The summed E-state index contributed by atoms with van der Waals surface area (Å²) in [6, 6.07) is 10.7. The van der Waals surface area contributed by atoms with E-state index < -0.39 is 0 Å². The van der Waals surface area contributed by atoms with Crippen molar-refractivity contribution in [2.24, 2.45) is 0 Å². The van der Waals surface area contributed by atoms with Gasteiger partial charge in [0, 0.05) is 11.4 Å². The first-order valence-electron chi connectivity index (χ1n) is 6.93. The van der Waals surface area contributed by atoms with Gasteiger partial charge in [-0.05, 0) is 61.4 Å². The third-order valence-electron chi connectivity index (χ3n) is 3.25. The lowest BCUT2D eigenvalue weighted by molar-refractivity contribution is -0.118. The number of rotatable bonds is 5. The van der Waals surface area contributed by atoms with Crippen molar-refractivity contribution in [3.05, 3.63) is 47.5 Å². The fraction of sp³-hybridized carbons (Fsp3) is 0.235. The largest absolute Gasteiger partial charge is 0.497 e. The number of benzene rings is 2. The number of anilines is 2. The third-order valence-corrected chi connectivity index (χ3v) is 3.25. The Bertz CT molecular complexity index is 643. The van der Waals surface area contributed by atoms with Crippen LogP contribution in [0.3, 0.4) is 0 Å². The Kier molecular flexibility index (Phi) is 4.88. The molecule has 0 saturated carbocycles. The van der Waals surface area contributed by atoms with Crippen molar-refractivity contribution < 1.29 is 14.3 Å². The molecule has 0 aromatic heterocycles. The van der Waals surface area contributed by atoms with E-state index in [1.165, 1.54) is 0 Å². The first-order chi connectivity index (χ1) is 10.5. The standard InChI is InChI=1S/C17H20N2O3/c1-11-8-13(18)9-12(2)17(11)19-16(20)10-22-15-6-4-14(21-3)5-7-15/h4-9H,10,18H2,1-3H3,(H,19,20). The molecular weight excluding hydrogens is 280 g/mol. The summed E-state index contributed by atoms with van der Waals surface area (Å²) in [5.41, 5.74) is 9.08. The number of hydrogen-bond acceptors (Lipinski definition) is 4. The Morgan fingerprint density at radius 1 is 1.09 bits per heavy atom. The Hall–Kier alpha value is -2.69. The number of carbonyl (C=O) groups is 1. The molecule has 0 saturated heterocycles. The smallest absolute Gasteiger partial charge is 0.262 e. The fourth-order valence-electron chi connectivity index (χ4n) is 2.19. The topological polar surface area (TPSA) is 73.6 Å². The maximum Gasteiger partial charge on any atom is 0.262 e. The van der Waals surface area contributed by atoms with Gasteiger partial charge in [-0.1, -0.05) is 0 Å². The number of aryl methyl sites for hydroxylation is 2. The minimum atomic E-state index is -0.216. The predicted octanol–water partition coefficient (Wildman–Crippen LogP) is 2.91. The number of nitrogen functional groups attached to an aromatic ring is 1. The van der Waals surface area contributed by atoms with E-state index in [4.69, 9.17) is 15.2 Å². The number of carbonyl (C=O) groups excluding carboxylic acids is 1. The van der Waals surface area contributed by atoms with Crippen molar-refractivity contribution in [3.8, 4) is 11.5 Å². The van der Waals surface area contributed by atoms with Crippen LogP contribution in [0, 0.1) is 13.8 Å². The molecule has 5 heteroatoms. The Morgan fingerprint density at radius 2 is 1.64 bits per heavy atom. The zero-order valence-corrected chi connectivity index (χ0v) is 13.0. The molecule has 0 fully saturated rings. The maximum absolute atomic E-state index is 12.0. The summed E-state index contributed by atoms with van der Waals surface area (Å²) in [5, 5.41) is 2.85. The highest BCUT2D eigenvalue weighted by Gasteiger charge is 2.09. The highest BCUT2D eigenvalue weighted by Crippen LogP contribution is 2.23. The van der Waals surface area contributed by atoms with Crippen LogP contribution in [0.5, 0.6) is 11.5 Å². The van der Waals surface area contributed by atoms with Gasteiger partial charge in [0.25, 0.3) is 5.91 Å². The number of nitrogens with two attached hydrogens (primary N) is 1. The second-order valence-corrected chi connectivity index (χ2v) is 5.04. The molecule has 3 N–H and O–H groups in total. The van der Waals surface area contributed by atoms with Crippen LogP contribution in [-0.2, 0) is 4.79 Å². The van der Waals surface area contributed by atoms with E-state index in [1.54, 1.807) is 31.4 Å². The normalized spacial score (nSPS) is 10.1. The van der Waals surface area contributed by atoms with Crippen molar-refractivity contribution in [1.82, 2.24) is 0 Å². The second-order valence-electron chi connectivity index (χ2n) is 5.04. The lowest BCUT2D eigenvalue weighted by atomic mass is 10.1. The number of methoxy groups -OCH3 is 1. The van der Waals surface area contributed by atoms with E-state index in [0.29, 0.717) is 11.4 Å². The monoisotopic (exact) mass is 300 g/mol. The molecule has 0 aliphatic heterocycles. The average molecular weight is 300 g/mol. The summed E-state index contributed by atoms with van der Waals surface area (Å²) in [6.07, 6.45) is 0. The summed E-state index contributed by atoms with van der Waals surface area (Å²) in [5.74, 6) is 1.14. The van der Waals surface area contributed by atoms with Crippen LogP contribution in [0.2, 0.25) is 0 Å². The molecule has 0 bridgehead atoms. The first kappa shape index (κ1) is 15.7. The van der Waals surface area contributed by atoms with Gasteiger partial charge in [-0.3, -0.25) is 4.79 Å². The third kappa shape index (κ3) is 3.91. The van der Waals surface area contributed by atoms with Gasteiger partial charge in [0.15, 0.2) is 6.61 Å². The maximum atomic E-state index is 12.0. The summed E-state index contributed by atoms with van der Waals surface area (Å²) in [4.78, 5) is 12.0. The fourth-order valence-corrected chi connectivity index (χ4v) is 2.19. The van der Waals surface area contributed by atoms with E-state index in [0.717, 1.165) is 22.6 Å². The summed E-state index contributed by atoms with van der Waals surface area (Å²) >= 11 is 0. The predicted molar refractivity (Wildman–Crippen MR) is 87.4 cm³/mol. The molecule has 0 aliphatic carbocycles. The molecule has 0 heterocycles. The number of nitrogens with one attached hydrogen (secondary N) is 1. The van der Waals surface area contributed by atoms with Crippen molar-refractivity contribution in [3.63, 3.8) is 0 Å². The number of amides is 1. The molecule has 2 aromatic carbocycles.